The molecule has 0 fully saturated rings. The molecule has 0 saturated carbocycles. The summed E-state index contributed by atoms with van der Waals surface area (Å²) >= 11 is 0. The van der Waals surface area contributed by atoms with Crippen LogP contribution in [0.4, 0.5) is 0 Å². The third-order valence-electron chi connectivity index (χ3n) is 3.99. The lowest BCUT2D eigenvalue weighted by Crippen LogP contribution is -1.93. The summed E-state index contributed by atoms with van der Waals surface area (Å²) in [4.78, 5) is 19.1. The largest absolute Gasteiger partial charge is 0.481 e. The Morgan fingerprint density at radius 2 is 0.957 bits per heavy atom. The molecule has 0 unspecified atom stereocenters. The van der Waals surface area contributed by atoms with Crippen molar-refractivity contribution in [2.24, 2.45) is 0 Å². The van der Waals surface area contributed by atoms with Crippen molar-refractivity contribution < 1.29 is 14.7 Å². The van der Waals surface area contributed by atoms with E-state index < -0.39 is 5.97 Å². The zero-order valence-electron chi connectivity index (χ0n) is 15.7. The van der Waals surface area contributed by atoms with Gasteiger partial charge >= 0.3 is 5.97 Å². The van der Waals surface area contributed by atoms with Crippen molar-refractivity contribution in [2.75, 3.05) is 0 Å². The molecule has 0 atom stereocenters. The fraction of sp³-hybridized carbons (Fsp3) is 0.900. The van der Waals surface area contributed by atoms with E-state index in [-0.39, 0.29) is 0 Å². The maximum Gasteiger partial charge on any atom is 0.303 e. The van der Waals surface area contributed by atoms with Gasteiger partial charge in [0, 0.05) is 6.42 Å². The van der Waals surface area contributed by atoms with E-state index >= 15 is 0 Å². The molecule has 0 spiro atoms. The van der Waals surface area contributed by atoms with Crippen LogP contribution < -0.4 is 0 Å². The van der Waals surface area contributed by atoms with E-state index in [4.69, 9.17) is 9.90 Å². The third-order valence-corrected chi connectivity index (χ3v) is 3.99. The van der Waals surface area contributed by atoms with E-state index in [1.807, 2.05) is 0 Å². The molecular formula is C20H40O3. The fourth-order valence-electron chi connectivity index (χ4n) is 2.65. The molecule has 0 amide bonds. The normalized spacial score (nSPS) is 10.0. The van der Waals surface area contributed by atoms with Crippen molar-refractivity contribution in [3.8, 4) is 0 Å². The van der Waals surface area contributed by atoms with Crippen LogP contribution in [0.3, 0.4) is 0 Å². The number of carbonyl (C=O) groups excluding carboxylic acids is 1. The summed E-state index contributed by atoms with van der Waals surface area (Å²) in [6.07, 6.45) is 20.9. The van der Waals surface area contributed by atoms with Crippen LogP contribution in [0.15, 0.2) is 0 Å². The summed E-state index contributed by atoms with van der Waals surface area (Å²) in [5.74, 6) is -0.653. The molecule has 0 aromatic carbocycles. The second kappa shape index (κ2) is 23.4. The molecule has 0 radical (unpaired) electrons. The number of aldehydes is 1. The number of carboxylic acid groups (broad SMARTS) is 1. The Morgan fingerprint density at radius 1 is 0.696 bits per heavy atom. The van der Waals surface area contributed by atoms with Crippen molar-refractivity contribution in [3.05, 3.63) is 0 Å². The van der Waals surface area contributed by atoms with Crippen molar-refractivity contribution in [1.82, 2.24) is 0 Å². The van der Waals surface area contributed by atoms with E-state index in [1.165, 1.54) is 90.4 Å². The summed E-state index contributed by atoms with van der Waals surface area (Å²) in [7, 11) is 0. The lowest BCUT2D eigenvalue weighted by Gasteiger charge is -2.03. The zero-order valence-corrected chi connectivity index (χ0v) is 15.7. The molecule has 0 aromatic heterocycles. The first-order valence-corrected chi connectivity index (χ1v) is 9.80. The van der Waals surface area contributed by atoms with Crippen molar-refractivity contribution in [1.29, 1.82) is 0 Å². The molecule has 138 valence electrons. The van der Waals surface area contributed by atoms with Gasteiger partial charge in [0.05, 0.1) is 0 Å². The Kier molecular flexibility index (Phi) is 24.8. The van der Waals surface area contributed by atoms with Crippen LogP contribution in [0, 0.1) is 0 Å². The molecule has 1 N–H and O–H groups in total. The minimum atomic E-state index is -0.653. The first kappa shape index (κ1) is 24.4. The highest BCUT2D eigenvalue weighted by Gasteiger charge is 1.97. The first-order valence-electron chi connectivity index (χ1n) is 9.80. The molecule has 0 saturated heterocycles. The van der Waals surface area contributed by atoms with Crippen LogP contribution in [0.25, 0.3) is 0 Å². The van der Waals surface area contributed by atoms with Gasteiger partial charge in [-0.2, -0.15) is 0 Å². The lowest BCUT2D eigenvalue weighted by atomic mass is 10.0. The number of hydrogen-bond acceptors (Lipinski definition) is 2. The summed E-state index contributed by atoms with van der Waals surface area (Å²) in [5, 5.41) is 8.52. The van der Waals surface area contributed by atoms with E-state index in [0.717, 1.165) is 19.1 Å². The average Bonchev–Trinajstić information content (AvgIpc) is 2.51. The van der Waals surface area contributed by atoms with Gasteiger partial charge in [-0.25, -0.2) is 0 Å². The van der Waals surface area contributed by atoms with Crippen LogP contribution in [0.5, 0.6) is 0 Å². The summed E-state index contributed by atoms with van der Waals surface area (Å²) in [6.45, 7) is 3.71. The Balaban J connectivity index is 0. The number of hydrogen-bond donors (Lipinski definition) is 1. The monoisotopic (exact) mass is 328 g/mol. The summed E-state index contributed by atoms with van der Waals surface area (Å²) in [6, 6.07) is 0. The molecule has 0 rings (SSSR count). The Labute approximate surface area is 144 Å². The van der Waals surface area contributed by atoms with Crippen LogP contribution >= 0.6 is 0 Å². The zero-order chi connectivity index (χ0) is 17.6. The summed E-state index contributed by atoms with van der Waals surface area (Å²) < 4.78 is 0. The van der Waals surface area contributed by atoms with Gasteiger partial charge < -0.3 is 9.90 Å². The lowest BCUT2D eigenvalue weighted by molar-refractivity contribution is -0.137. The van der Waals surface area contributed by atoms with E-state index in [2.05, 4.69) is 6.92 Å². The molecule has 0 aromatic rings. The van der Waals surface area contributed by atoms with Gasteiger partial charge in [-0.15, -0.1) is 0 Å². The Hall–Kier alpha value is -0.860. The van der Waals surface area contributed by atoms with Crippen molar-refractivity contribution in [3.63, 3.8) is 0 Å². The molecule has 0 aliphatic rings. The minimum absolute atomic E-state index is 0.345. The second-order valence-electron chi connectivity index (χ2n) is 6.33. The highest BCUT2D eigenvalue weighted by molar-refractivity contribution is 5.66. The maximum absolute atomic E-state index is 10.3. The Morgan fingerprint density at radius 3 is 1.22 bits per heavy atom. The molecule has 0 heterocycles. The highest BCUT2D eigenvalue weighted by atomic mass is 16.4. The van der Waals surface area contributed by atoms with Crippen molar-refractivity contribution >= 4 is 12.3 Å². The molecule has 0 aliphatic heterocycles. The van der Waals surface area contributed by atoms with E-state index in [1.54, 1.807) is 0 Å². The van der Waals surface area contributed by atoms with Gasteiger partial charge in [-0.05, 0) is 13.3 Å². The number of aliphatic carboxylic acids is 1. The second-order valence-corrected chi connectivity index (χ2v) is 6.33. The van der Waals surface area contributed by atoms with Crippen LogP contribution in [0.2, 0.25) is 0 Å². The third kappa shape index (κ3) is 29.7. The molecular weight excluding hydrogens is 288 g/mol. The van der Waals surface area contributed by atoms with Crippen molar-refractivity contribution in [2.45, 2.75) is 117 Å². The smallest absolute Gasteiger partial charge is 0.303 e. The molecule has 23 heavy (non-hydrogen) atoms. The SMILES string of the molecule is CC=O.CCCCCCCCCCCCCCCCCC(=O)O. The number of carboxylic acids is 1. The average molecular weight is 329 g/mol. The minimum Gasteiger partial charge on any atom is -0.481 e. The molecule has 0 aliphatic carbocycles. The molecule has 0 bridgehead atoms. The van der Waals surface area contributed by atoms with Gasteiger partial charge in [0.1, 0.15) is 6.29 Å². The number of carbonyl (C=O) groups is 2. The molecule has 3 nitrogen and oxygen atoms in total. The van der Waals surface area contributed by atoms with Gasteiger partial charge in [0.2, 0.25) is 0 Å². The predicted octanol–water partition coefficient (Wildman–Crippen LogP) is 6.54. The van der Waals surface area contributed by atoms with Crippen LogP contribution in [-0.2, 0) is 9.59 Å². The first-order chi connectivity index (χ1) is 11.2. The Bertz CT molecular complexity index is 239. The summed E-state index contributed by atoms with van der Waals surface area (Å²) in [5.41, 5.74) is 0. The number of rotatable bonds is 16. The quantitative estimate of drug-likeness (QED) is 0.258. The standard InChI is InChI=1S/C18H36O2.C2H4O/c1-2-3-4-5-6-7-8-9-10-11-12-13-14-15-16-17-18(19)20;1-2-3/h2-17H2,1H3,(H,19,20);2H,1H3. The highest BCUT2D eigenvalue weighted by Crippen LogP contribution is 2.13. The predicted molar refractivity (Wildman–Crippen MR) is 98.9 cm³/mol. The maximum atomic E-state index is 10.3. The van der Waals surface area contributed by atoms with E-state index in [9.17, 15) is 4.79 Å². The van der Waals surface area contributed by atoms with Gasteiger partial charge in [0.15, 0.2) is 0 Å². The van der Waals surface area contributed by atoms with Crippen LogP contribution in [0.1, 0.15) is 117 Å². The van der Waals surface area contributed by atoms with Crippen LogP contribution in [-0.4, -0.2) is 17.4 Å². The van der Waals surface area contributed by atoms with Gasteiger partial charge in [0.25, 0.3) is 0 Å². The molecule has 3 heteroatoms. The fourth-order valence-corrected chi connectivity index (χ4v) is 2.65. The topological polar surface area (TPSA) is 54.4 Å². The van der Waals surface area contributed by atoms with Gasteiger partial charge in [-0.3, -0.25) is 4.79 Å². The van der Waals surface area contributed by atoms with E-state index in [0.29, 0.717) is 6.42 Å². The van der Waals surface area contributed by atoms with Gasteiger partial charge in [-0.1, -0.05) is 96.8 Å². The number of unbranched alkanes of at least 4 members (excludes halogenated alkanes) is 14.